The van der Waals surface area contributed by atoms with Crippen LogP contribution in [0.5, 0.6) is 0 Å². The molecule has 5 heteroatoms. The van der Waals surface area contributed by atoms with E-state index in [-0.39, 0.29) is 11.8 Å². The number of aromatic nitrogens is 1. The third-order valence-corrected chi connectivity index (χ3v) is 6.73. The second kappa shape index (κ2) is 7.92. The van der Waals surface area contributed by atoms with Gasteiger partial charge in [-0.2, -0.15) is 0 Å². The lowest BCUT2D eigenvalue weighted by Crippen LogP contribution is -2.40. The highest BCUT2D eigenvalue weighted by atomic mass is 32.1. The molecule has 146 valence electrons. The Morgan fingerprint density at radius 1 is 1.14 bits per heavy atom. The van der Waals surface area contributed by atoms with Crippen LogP contribution in [-0.4, -0.2) is 24.0 Å². The van der Waals surface area contributed by atoms with E-state index in [1.54, 1.807) is 11.3 Å². The maximum Gasteiger partial charge on any atom is 0.223 e. The normalized spacial score (nSPS) is 15.2. The quantitative estimate of drug-likeness (QED) is 0.695. The highest BCUT2D eigenvalue weighted by Crippen LogP contribution is 2.33. The molecular formula is C23H27N3OS. The molecule has 28 heavy (non-hydrogen) atoms. The number of benzene rings is 2. The van der Waals surface area contributed by atoms with Gasteiger partial charge in [-0.15, -0.1) is 0 Å². The van der Waals surface area contributed by atoms with Gasteiger partial charge in [0.1, 0.15) is 0 Å². The fourth-order valence-electron chi connectivity index (χ4n) is 3.96. The second-order valence-electron chi connectivity index (χ2n) is 7.83. The molecule has 3 aromatic rings. The Bertz CT molecular complexity index is 1000. The number of hydrogen-bond donors (Lipinski definition) is 1. The number of nitrogens with zero attached hydrogens (tertiary/aromatic N) is 2. The van der Waals surface area contributed by atoms with Crippen LogP contribution in [0.15, 0.2) is 36.4 Å². The number of rotatable bonds is 4. The van der Waals surface area contributed by atoms with Crippen molar-refractivity contribution in [3.8, 4) is 0 Å². The molecule has 0 radical (unpaired) electrons. The summed E-state index contributed by atoms with van der Waals surface area (Å²) in [6, 6.07) is 12.6. The summed E-state index contributed by atoms with van der Waals surface area (Å²) in [6.07, 6.45) is 1.76. The van der Waals surface area contributed by atoms with E-state index in [4.69, 9.17) is 4.98 Å². The molecule has 4 rings (SSSR count). The van der Waals surface area contributed by atoms with Crippen molar-refractivity contribution in [3.05, 3.63) is 58.7 Å². The number of aryl methyl sites for hydroxylation is 3. The van der Waals surface area contributed by atoms with Crippen LogP contribution in [-0.2, 0) is 11.3 Å². The minimum atomic E-state index is 0.0960. The number of hydrogen-bond acceptors (Lipinski definition) is 4. The smallest absolute Gasteiger partial charge is 0.223 e. The van der Waals surface area contributed by atoms with E-state index in [0.717, 1.165) is 36.6 Å². The summed E-state index contributed by atoms with van der Waals surface area (Å²) in [6.45, 7) is 8.74. The van der Waals surface area contributed by atoms with Crippen molar-refractivity contribution in [2.75, 3.05) is 18.0 Å². The third kappa shape index (κ3) is 3.90. The van der Waals surface area contributed by atoms with Crippen LogP contribution < -0.4 is 10.2 Å². The molecule has 1 aliphatic rings. The summed E-state index contributed by atoms with van der Waals surface area (Å²) >= 11 is 1.77. The first-order valence-electron chi connectivity index (χ1n) is 9.96. The minimum absolute atomic E-state index is 0.0960. The summed E-state index contributed by atoms with van der Waals surface area (Å²) in [5, 5.41) is 4.21. The Morgan fingerprint density at radius 2 is 1.89 bits per heavy atom. The lowest BCUT2D eigenvalue weighted by atomic mass is 9.96. The Labute approximate surface area is 170 Å². The Hall–Kier alpha value is -2.40. The van der Waals surface area contributed by atoms with Gasteiger partial charge in [0.15, 0.2) is 5.13 Å². The molecule has 1 aliphatic heterocycles. The summed E-state index contributed by atoms with van der Waals surface area (Å²) in [5.74, 6) is 0.275. The molecule has 1 N–H and O–H groups in total. The number of amides is 1. The van der Waals surface area contributed by atoms with Crippen LogP contribution in [0.3, 0.4) is 0 Å². The van der Waals surface area contributed by atoms with E-state index in [9.17, 15) is 4.79 Å². The van der Waals surface area contributed by atoms with Crippen molar-refractivity contribution in [2.45, 2.75) is 40.2 Å². The lowest BCUT2D eigenvalue weighted by Gasteiger charge is -2.31. The van der Waals surface area contributed by atoms with Crippen molar-refractivity contribution in [1.29, 1.82) is 0 Å². The van der Waals surface area contributed by atoms with Gasteiger partial charge in [0.05, 0.1) is 10.2 Å². The van der Waals surface area contributed by atoms with Crippen molar-refractivity contribution in [3.63, 3.8) is 0 Å². The molecule has 1 fully saturated rings. The van der Waals surface area contributed by atoms with Gasteiger partial charge in [0, 0.05) is 25.6 Å². The van der Waals surface area contributed by atoms with Crippen LogP contribution in [0.1, 0.15) is 35.1 Å². The molecule has 4 nitrogen and oxygen atoms in total. The van der Waals surface area contributed by atoms with Gasteiger partial charge in [0.2, 0.25) is 5.91 Å². The molecule has 1 aromatic heterocycles. The highest BCUT2D eigenvalue weighted by Gasteiger charge is 2.26. The van der Waals surface area contributed by atoms with E-state index >= 15 is 0 Å². The first-order chi connectivity index (χ1) is 13.5. The Balaban J connectivity index is 1.36. The molecule has 2 aromatic carbocycles. The fraction of sp³-hybridized carbons (Fsp3) is 0.391. The van der Waals surface area contributed by atoms with Crippen LogP contribution in [0.2, 0.25) is 0 Å². The van der Waals surface area contributed by atoms with Gasteiger partial charge in [0.25, 0.3) is 0 Å². The second-order valence-corrected chi connectivity index (χ2v) is 8.84. The molecule has 0 spiro atoms. The Kier molecular flexibility index (Phi) is 5.36. The summed E-state index contributed by atoms with van der Waals surface area (Å²) in [7, 11) is 0. The van der Waals surface area contributed by atoms with Crippen LogP contribution in [0.4, 0.5) is 5.13 Å². The van der Waals surface area contributed by atoms with Crippen molar-refractivity contribution >= 4 is 32.6 Å². The highest BCUT2D eigenvalue weighted by molar-refractivity contribution is 7.22. The SMILES string of the molecule is Cc1cc(C)c2nc(N3CCC(C(=O)NCc4ccccc4C)CC3)sc2c1. The van der Waals surface area contributed by atoms with Crippen LogP contribution in [0, 0.1) is 26.7 Å². The molecule has 2 heterocycles. The zero-order chi connectivity index (χ0) is 19.7. The van der Waals surface area contributed by atoms with Crippen LogP contribution in [0.25, 0.3) is 10.2 Å². The topological polar surface area (TPSA) is 45.2 Å². The van der Waals surface area contributed by atoms with E-state index in [2.05, 4.69) is 55.3 Å². The average Bonchev–Trinajstić information content (AvgIpc) is 3.11. The standard InChI is InChI=1S/C23H27N3OS/c1-15-12-17(3)21-20(13-15)28-23(25-21)26-10-8-18(9-11-26)22(27)24-14-19-7-5-4-6-16(19)2/h4-7,12-13,18H,8-11,14H2,1-3H3,(H,24,27). The van der Waals surface area contributed by atoms with E-state index in [1.807, 2.05) is 12.1 Å². The van der Waals surface area contributed by atoms with Gasteiger partial charge >= 0.3 is 0 Å². The Morgan fingerprint density at radius 3 is 2.64 bits per heavy atom. The fourth-order valence-corrected chi connectivity index (χ4v) is 5.16. The van der Waals surface area contributed by atoms with E-state index < -0.39 is 0 Å². The van der Waals surface area contributed by atoms with Crippen molar-refractivity contribution in [1.82, 2.24) is 10.3 Å². The average molecular weight is 394 g/mol. The molecule has 0 atom stereocenters. The van der Waals surface area contributed by atoms with Gasteiger partial charge in [-0.05, 0) is 61.9 Å². The predicted octanol–water partition coefficient (Wildman–Crippen LogP) is 4.75. The van der Waals surface area contributed by atoms with Gasteiger partial charge in [-0.1, -0.05) is 41.7 Å². The van der Waals surface area contributed by atoms with Gasteiger partial charge in [-0.25, -0.2) is 4.98 Å². The first kappa shape index (κ1) is 18.9. The molecule has 0 aliphatic carbocycles. The zero-order valence-electron chi connectivity index (χ0n) is 16.8. The molecule has 1 amide bonds. The number of carbonyl (C=O) groups excluding carboxylic acids is 1. The van der Waals surface area contributed by atoms with E-state index in [1.165, 1.54) is 27.0 Å². The largest absolute Gasteiger partial charge is 0.352 e. The van der Waals surface area contributed by atoms with Crippen LogP contribution >= 0.6 is 11.3 Å². The number of fused-ring (bicyclic) bond motifs is 1. The maximum absolute atomic E-state index is 12.6. The number of nitrogens with one attached hydrogen (secondary N) is 1. The molecule has 1 saturated heterocycles. The lowest BCUT2D eigenvalue weighted by molar-refractivity contribution is -0.125. The van der Waals surface area contributed by atoms with Crippen molar-refractivity contribution < 1.29 is 4.79 Å². The summed E-state index contributed by atoms with van der Waals surface area (Å²) < 4.78 is 1.26. The molecular weight excluding hydrogens is 366 g/mol. The number of carbonyl (C=O) groups is 1. The summed E-state index contributed by atoms with van der Waals surface area (Å²) in [4.78, 5) is 19.8. The molecule has 0 saturated carbocycles. The molecule has 0 unspecified atom stereocenters. The number of anilines is 1. The summed E-state index contributed by atoms with van der Waals surface area (Å²) in [5.41, 5.74) is 6.04. The monoisotopic (exact) mass is 393 g/mol. The number of thiazole rings is 1. The number of piperidine rings is 1. The zero-order valence-corrected chi connectivity index (χ0v) is 17.6. The van der Waals surface area contributed by atoms with Gasteiger partial charge < -0.3 is 10.2 Å². The van der Waals surface area contributed by atoms with Gasteiger partial charge in [-0.3, -0.25) is 4.79 Å². The van der Waals surface area contributed by atoms with Crippen molar-refractivity contribution in [2.24, 2.45) is 5.92 Å². The maximum atomic E-state index is 12.6. The third-order valence-electron chi connectivity index (χ3n) is 5.67. The first-order valence-corrected chi connectivity index (χ1v) is 10.8. The minimum Gasteiger partial charge on any atom is -0.352 e. The predicted molar refractivity (Wildman–Crippen MR) is 117 cm³/mol. The van der Waals surface area contributed by atoms with E-state index in [0.29, 0.717) is 6.54 Å². The molecule has 0 bridgehead atoms.